The molecule has 2 rings (SSSR count). The molecule has 0 aliphatic carbocycles. The highest BCUT2D eigenvalue weighted by Crippen LogP contribution is 2.23. The van der Waals surface area contributed by atoms with Crippen LogP contribution in [0, 0.1) is 6.92 Å². The molecule has 14 heavy (non-hydrogen) atoms. The van der Waals surface area contributed by atoms with Gasteiger partial charge in [0.1, 0.15) is 0 Å². The summed E-state index contributed by atoms with van der Waals surface area (Å²) in [5.74, 6) is 0.292. The smallest absolute Gasteiger partial charge is 0.248 e. The van der Waals surface area contributed by atoms with E-state index in [-0.39, 0.29) is 17.4 Å². The van der Waals surface area contributed by atoms with Crippen molar-refractivity contribution in [1.82, 2.24) is 10.3 Å². The lowest BCUT2D eigenvalue weighted by Gasteiger charge is -2.09. The van der Waals surface area contributed by atoms with Crippen molar-refractivity contribution in [1.29, 1.82) is 0 Å². The quantitative estimate of drug-likeness (QED) is 0.671. The van der Waals surface area contributed by atoms with Crippen LogP contribution in [0.3, 0.4) is 0 Å². The van der Waals surface area contributed by atoms with Gasteiger partial charge in [-0.2, -0.15) is 0 Å². The molecule has 1 aromatic heterocycles. The number of H-pyrrole nitrogens is 1. The van der Waals surface area contributed by atoms with E-state index in [1.807, 2.05) is 6.92 Å². The van der Waals surface area contributed by atoms with Crippen molar-refractivity contribution in [3.05, 3.63) is 33.7 Å². The van der Waals surface area contributed by atoms with E-state index in [1.165, 1.54) is 6.07 Å². The Kier molecular flexibility index (Phi) is 2.11. The molecule has 4 nitrogen and oxygen atoms in total. The lowest BCUT2D eigenvalue weighted by molar-refractivity contribution is -0.119. The van der Waals surface area contributed by atoms with Crippen molar-refractivity contribution >= 4 is 5.91 Å². The molecule has 1 aliphatic heterocycles. The third-order valence-corrected chi connectivity index (χ3v) is 2.58. The molecule has 0 spiro atoms. The van der Waals surface area contributed by atoms with Gasteiger partial charge in [0.05, 0.1) is 0 Å². The number of amides is 1. The first kappa shape index (κ1) is 8.99. The molecule has 1 saturated heterocycles. The average molecular weight is 192 g/mol. The normalized spacial score (nSPS) is 20.9. The molecule has 2 N–H and O–H groups in total. The number of rotatable bonds is 1. The fourth-order valence-electron chi connectivity index (χ4n) is 1.86. The Bertz CT molecular complexity index is 422. The van der Waals surface area contributed by atoms with Crippen LogP contribution >= 0.6 is 0 Å². The van der Waals surface area contributed by atoms with Gasteiger partial charge in [0.25, 0.3) is 0 Å². The molecule has 0 aromatic carbocycles. The first-order valence-corrected chi connectivity index (χ1v) is 4.63. The predicted molar refractivity (Wildman–Crippen MR) is 52.2 cm³/mol. The van der Waals surface area contributed by atoms with Crippen LogP contribution in [0.1, 0.15) is 23.6 Å². The molecule has 0 bridgehead atoms. The van der Waals surface area contributed by atoms with Gasteiger partial charge in [-0.15, -0.1) is 0 Å². The second kappa shape index (κ2) is 3.29. The van der Waals surface area contributed by atoms with Gasteiger partial charge in [-0.25, -0.2) is 0 Å². The minimum atomic E-state index is -0.0940. The third-order valence-electron chi connectivity index (χ3n) is 2.58. The van der Waals surface area contributed by atoms with E-state index in [2.05, 4.69) is 10.3 Å². The molecule has 2 heterocycles. The minimum absolute atomic E-state index is 0.0839. The van der Waals surface area contributed by atoms with Crippen molar-refractivity contribution in [2.24, 2.45) is 0 Å². The van der Waals surface area contributed by atoms with E-state index >= 15 is 0 Å². The fourth-order valence-corrected chi connectivity index (χ4v) is 1.86. The van der Waals surface area contributed by atoms with Gasteiger partial charge in [0, 0.05) is 30.6 Å². The second-order valence-electron chi connectivity index (χ2n) is 3.61. The monoisotopic (exact) mass is 192 g/mol. The van der Waals surface area contributed by atoms with Crippen molar-refractivity contribution in [2.75, 3.05) is 6.54 Å². The van der Waals surface area contributed by atoms with E-state index in [0.717, 1.165) is 11.3 Å². The van der Waals surface area contributed by atoms with Crippen LogP contribution in [0.5, 0.6) is 0 Å². The number of carbonyl (C=O) groups is 1. The highest BCUT2D eigenvalue weighted by molar-refractivity contribution is 5.79. The molecule has 0 radical (unpaired) electrons. The van der Waals surface area contributed by atoms with E-state index in [0.29, 0.717) is 13.0 Å². The van der Waals surface area contributed by atoms with E-state index in [1.54, 1.807) is 6.07 Å². The molecule has 1 fully saturated rings. The van der Waals surface area contributed by atoms with Gasteiger partial charge in [-0.05, 0) is 12.5 Å². The number of nitrogens with one attached hydrogen (secondary N) is 2. The van der Waals surface area contributed by atoms with E-state index < -0.39 is 0 Å². The summed E-state index contributed by atoms with van der Waals surface area (Å²) < 4.78 is 0. The summed E-state index contributed by atoms with van der Waals surface area (Å²) in [4.78, 5) is 24.7. The molecule has 1 aliphatic rings. The Morgan fingerprint density at radius 3 is 2.71 bits per heavy atom. The number of hydrogen-bond acceptors (Lipinski definition) is 2. The number of hydrogen-bond donors (Lipinski definition) is 2. The predicted octanol–water partition coefficient (Wildman–Crippen LogP) is 0.287. The van der Waals surface area contributed by atoms with E-state index in [4.69, 9.17) is 0 Å². The first-order valence-electron chi connectivity index (χ1n) is 4.63. The number of pyridine rings is 1. The summed E-state index contributed by atoms with van der Waals surface area (Å²) >= 11 is 0. The molecule has 1 atom stereocenters. The van der Waals surface area contributed by atoms with Gasteiger partial charge >= 0.3 is 0 Å². The van der Waals surface area contributed by atoms with Crippen LogP contribution in [0.2, 0.25) is 0 Å². The Labute approximate surface area is 81.3 Å². The zero-order valence-electron chi connectivity index (χ0n) is 7.96. The zero-order valence-corrected chi connectivity index (χ0v) is 7.96. The zero-order chi connectivity index (χ0) is 10.1. The maximum Gasteiger partial charge on any atom is 0.248 e. The van der Waals surface area contributed by atoms with Crippen molar-refractivity contribution in [3.63, 3.8) is 0 Å². The van der Waals surface area contributed by atoms with Crippen molar-refractivity contribution in [3.8, 4) is 0 Å². The summed E-state index contributed by atoms with van der Waals surface area (Å²) in [6, 6.07) is 3.31. The highest BCUT2D eigenvalue weighted by atomic mass is 16.1. The van der Waals surface area contributed by atoms with Crippen LogP contribution in [0.4, 0.5) is 0 Å². The van der Waals surface area contributed by atoms with E-state index in [9.17, 15) is 9.59 Å². The molecule has 4 heteroatoms. The van der Waals surface area contributed by atoms with Crippen LogP contribution in [-0.2, 0) is 4.79 Å². The minimum Gasteiger partial charge on any atom is -0.355 e. The summed E-state index contributed by atoms with van der Waals surface area (Å²) in [5, 5.41) is 2.78. The Morgan fingerprint density at radius 1 is 1.36 bits per heavy atom. The first-order chi connectivity index (χ1) is 6.66. The number of aryl methyl sites for hydroxylation is 1. The van der Waals surface area contributed by atoms with Gasteiger partial charge < -0.3 is 10.3 Å². The Balaban J connectivity index is 2.32. The Morgan fingerprint density at radius 2 is 2.14 bits per heavy atom. The maximum atomic E-state index is 11.0. The van der Waals surface area contributed by atoms with Gasteiger partial charge in [-0.1, -0.05) is 6.07 Å². The molecule has 1 amide bonds. The fraction of sp³-hybridized carbons (Fsp3) is 0.400. The lowest BCUT2D eigenvalue weighted by atomic mass is 9.97. The van der Waals surface area contributed by atoms with Gasteiger partial charge in [0.2, 0.25) is 11.5 Å². The summed E-state index contributed by atoms with van der Waals surface area (Å²) in [7, 11) is 0. The van der Waals surface area contributed by atoms with Crippen LogP contribution < -0.4 is 10.9 Å². The SMILES string of the molecule is Cc1[nH]c(=O)ccc1C1CNC(=O)C1. The number of aromatic nitrogens is 1. The largest absolute Gasteiger partial charge is 0.355 e. The molecule has 1 unspecified atom stereocenters. The van der Waals surface area contributed by atoms with Crippen LogP contribution in [0.25, 0.3) is 0 Å². The highest BCUT2D eigenvalue weighted by Gasteiger charge is 2.24. The van der Waals surface area contributed by atoms with Gasteiger partial charge in [0.15, 0.2) is 0 Å². The van der Waals surface area contributed by atoms with Crippen molar-refractivity contribution in [2.45, 2.75) is 19.3 Å². The molecule has 74 valence electrons. The molecule has 0 saturated carbocycles. The van der Waals surface area contributed by atoms with Crippen LogP contribution in [-0.4, -0.2) is 17.4 Å². The lowest BCUT2D eigenvalue weighted by Crippen LogP contribution is -2.14. The average Bonchev–Trinajstić information content (AvgIpc) is 2.51. The third kappa shape index (κ3) is 1.55. The number of aromatic amines is 1. The topological polar surface area (TPSA) is 62.0 Å². The molecular weight excluding hydrogens is 180 g/mol. The van der Waals surface area contributed by atoms with Crippen LogP contribution in [0.15, 0.2) is 16.9 Å². The van der Waals surface area contributed by atoms with Crippen molar-refractivity contribution < 1.29 is 4.79 Å². The standard InChI is InChI=1S/C10H12N2O2/c1-6-8(2-3-9(13)12-6)7-4-10(14)11-5-7/h2-3,7H,4-5H2,1H3,(H,11,14)(H,12,13). The summed E-state index contributed by atoms with van der Waals surface area (Å²) in [6.07, 6.45) is 0.521. The van der Waals surface area contributed by atoms with Gasteiger partial charge in [-0.3, -0.25) is 9.59 Å². The second-order valence-corrected chi connectivity index (χ2v) is 3.61. The summed E-state index contributed by atoms with van der Waals surface area (Å²) in [6.45, 7) is 2.53. The maximum absolute atomic E-state index is 11.0. The molecular formula is C10H12N2O2. The Hall–Kier alpha value is -1.58. The number of carbonyl (C=O) groups excluding carboxylic acids is 1. The summed E-state index contributed by atoms with van der Waals surface area (Å²) in [5.41, 5.74) is 1.82. The molecule has 1 aromatic rings.